The second-order valence-corrected chi connectivity index (χ2v) is 5.14. The van der Waals surface area contributed by atoms with Crippen molar-refractivity contribution in [2.45, 2.75) is 4.90 Å². The second kappa shape index (κ2) is 4.51. The molecule has 10 heteroatoms. The molecule has 2 rings (SSSR count). The zero-order valence-electron chi connectivity index (χ0n) is 9.59. The van der Waals surface area contributed by atoms with Gasteiger partial charge < -0.3 is 0 Å². The first-order valence-corrected chi connectivity index (χ1v) is 6.49. The van der Waals surface area contributed by atoms with Gasteiger partial charge in [-0.05, 0) is 6.07 Å². The molecule has 0 saturated heterocycles. The number of nitro groups is 2. The normalized spacial score (nSPS) is 11.4. The molecule has 1 N–H and O–H groups in total. The minimum Gasteiger partial charge on any atom is -0.282 e. The molecule has 0 spiro atoms. The number of hydrogen-bond donors (Lipinski definition) is 1. The Morgan fingerprint density at radius 1 is 0.950 bits per heavy atom. The van der Waals surface area contributed by atoms with Crippen LogP contribution in [0.3, 0.4) is 0 Å². The maximum Gasteiger partial charge on any atom is 0.302 e. The minimum absolute atomic E-state index is 0.115. The van der Waals surface area contributed by atoms with Gasteiger partial charge in [0.1, 0.15) is 0 Å². The number of fused-ring (bicyclic) bond motifs is 1. The minimum atomic E-state index is -4.91. The van der Waals surface area contributed by atoms with E-state index in [-0.39, 0.29) is 10.8 Å². The summed E-state index contributed by atoms with van der Waals surface area (Å²) in [7, 11) is -4.91. The third kappa shape index (κ3) is 2.17. The van der Waals surface area contributed by atoms with Crippen LogP contribution in [-0.4, -0.2) is 22.8 Å². The standard InChI is InChI=1S/C10H6N2O7S/c13-11(14)8-5-9(12(15)16)10(20(17,18)19)7-4-2-1-3-6(7)8/h1-5H,(H,17,18,19). The summed E-state index contributed by atoms with van der Waals surface area (Å²) >= 11 is 0. The van der Waals surface area contributed by atoms with Gasteiger partial charge in [-0.2, -0.15) is 8.42 Å². The summed E-state index contributed by atoms with van der Waals surface area (Å²) in [5.41, 5.74) is -1.65. The van der Waals surface area contributed by atoms with Crippen LogP contribution in [0.25, 0.3) is 10.8 Å². The fraction of sp³-hybridized carbons (Fsp3) is 0. The van der Waals surface area contributed by atoms with E-state index in [1.165, 1.54) is 18.2 Å². The SMILES string of the molecule is O=[N+]([O-])c1cc([N+](=O)[O-])c2ccccc2c1S(=O)(=O)O. The van der Waals surface area contributed by atoms with Crippen LogP contribution in [0.1, 0.15) is 0 Å². The van der Waals surface area contributed by atoms with E-state index in [4.69, 9.17) is 4.55 Å². The highest BCUT2D eigenvalue weighted by Crippen LogP contribution is 2.37. The van der Waals surface area contributed by atoms with Crippen molar-refractivity contribution in [1.29, 1.82) is 0 Å². The average Bonchev–Trinajstić information content (AvgIpc) is 2.34. The van der Waals surface area contributed by atoms with Gasteiger partial charge in [0.05, 0.1) is 21.3 Å². The molecule has 0 aliphatic carbocycles. The highest BCUT2D eigenvalue weighted by atomic mass is 32.2. The fourth-order valence-corrected chi connectivity index (χ4v) is 2.73. The second-order valence-electron chi connectivity index (χ2n) is 3.78. The summed E-state index contributed by atoms with van der Waals surface area (Å²) < 4.78 is 31.8. The van der Waals surface area contributed by atoms with Crippen LogP contribution in [0, 0.1) is 20.2 Å². The molecule has 0 radical (unpaired) electrons. The monoisotopic (exact) mass is 298 g/mol. The molecule has 2 aromatic rings. The van der Waals surface area contributed by atoms with Crippen molar-refractivity contribution in [1.82, 2.24) is 0 Å². The highest BCUT2D eigenvalue weighted by molar-refractivity contribution is 7.86. The topological polar surface area (TPSA) is 141 Å². The smallest absolute Gasteiger partial charge is 0.282 e. The van der Waals surface area contributed by atoms with E-state index in [9.17, 15) is 28.6 Å². The van der Waals surface area contributed by atoms with Crippen molar-refractivity contribution in [3.8, 4) is 0 Å². The van der Waals surface area contributed by atoms with Gasteiger partial charge in [0.25, 0.3) is 11.4 Å². The van der Waals surface area contributed by atoms with Gasteiger partial charge in [0.15, 0.2) is 4.90 Å². The van der Waals surface area contributed by atoms with E-state index in [0.29, 0.717) is 6.07 Å². The Kier molecular flexibility index (Phi) is 3.12. The molecular weight excluding hydrogens is 292 g/mol. The van der Waals surface area contributed by atoms with Gasteiger partial charge in [-0.15, -0.1) is 0 Å². The number of rotatable bonds is 3. The lowest BCUT2D eigenvalue weighted by Crippen LogP contribution is -2.06. The van der Waals surface area contributed by atoms with Crippen LogP contribution in [-0.2, 0) is 10.1 Å². The molecular formula is C10H6N2O7S. The zero-order valence-corrected chi connectivity index (χ0v) is 10.4. The summed E-state index contributed by atoms with van der Waals surface area (Å²) in [6, 6.07) is 5.68. The molecule has 0 aromatic heterocycles. The molecule has 0 aliphatic rings. The molecule has 0 bridgehead atoms. The Morgan fingerprint density at radius 2 is 1.45 bits per heavy atom. The van der Waals surface area contributed by atoms with E-state index in [2.05, 4.69) is 0 Å². The number of benzene rings is 2. The van der Waals surface area contributed by atoms with Crippen molar-refractivity contribution in [3.05, 3.63) is 50.6 Å². The first-order valence-electron chi connectivity index (χ1n) is 5.05. The van der Waals surface area contributed by atoms with Crippen LogP contribution in [0.5, 0.6) is 0 Å². The maximum atomic E-state index is 11.3. The van der Waals surface area contributed by atoms with E-state index >= 15 is 0 Å². The van der Waals surface area contributed by atoms with Gasteiger partial charge in [-0.25, -0.2) is 0 Å². The van der Waals surface area contributed by atoms with Crippen LogP contribution < -0.4 is 0 Å². The third-order valence-corrected chi connectivity index (χ3v) is 3.55. The summed E-state index contributed by atoms with van der Waals surface area (Å²) in [5.74, 6) is 0. The highest BCUT2D eigenvalue weighted by Gasteiger charge is 2.31. The van der Waals surface area contributed by atoms with E-state index in [1.54, 1.807) is 0 Å². The van der Waals surface area contributed by atoms with Crippen molar-refractivity contribution in [2.24, 2.45) is 0 Å². The van der Waals surface area contributed by atoms with Gasteiger partial charge in [0.2, 0.25) is 0 Å². The molecule has 104 valence electrons. The molecule has 0 unspecified atom stereocenters. The Balaban J connectivity index is 3.12. The maximum absolute atomic E-state index is 11.3. The summed E-state index contributed by atoms with van der Waals surface area (Å²) in [5, 5.41) is 21.4. The van der Waals surface area contributed by atoms with E-state index < -0.39 is 36.2 Å². The van der Waals surface area contributed by atoms with Gasteiger partial charge >= 0.3 is 10.1 Å². The molecule has 0 atom stereocenters. The molecule has 0 fully saturated rings. The Hall–Kier alpha value is -2.59. The fourth-order valence-electron chi connectivity index (χ4n) is 1.87. The predicted molar refractivity (Wildman–Crippen MR) is 67.1 cm³/mol. The Labute approximate surface area is 111 Å². The van der Waals surface area contributed by atoms with E-state index in [0.717, 1.165) is 6.07 Å². The average molecular weight is 298 g/mol. The lowest BCUT2D eigenvalue weighted by atomic mass is 10.1. The Bertz CT molecular complexity index is 844. The predicted octanol–water partition coefficient (Wildman–Crippen LogP) is 1.90. The largest absolute Gasteiger partial charge is 0.302 e. The lowest BCUT2D eigenvalue weighted by Gasteiger charge is -2.05. The number of nitro benzene ring substituents is 2. The van der Waals surface area contributed by atoms with Crippen molar-refractivity contribution in [2.75, 3.05) is 0 Å². The summed E-state index contributed by atoms with van der Waals surface area (Å²) in [6.45, 7) is 0. The van der Waals surface area contributed by atoms with Crippen molar-refractivity contribution in [3.63, 3.8) is 0 Å². The van der Waals surface area contributed by atoms with Crippen LogP contribution in [0.15, 0.2) is 35.2 Å². The quantitative estimate of drug-likeness (QED) is 0.518. The van der Waals surface area contributed by atoms with Gasteiger partial charge in [-0.3, -0.25) is 24.8 Å². The lowest BCUT2D eigenvalue weighted by molar-refractivity contribution is -0.394. The molecule has 0 heterocycles. The number of nitrogens with zero attached hydrogens (tertiary/aromatic N) is 2. The third-order valence-electron chi connectivity index (χ3n) is 2.61. The summed E-state index contributed by atoms with van der Waals surface area (Å²) in [4.78, 5) is 18.9. The van der Waals surface area contributed by atoms with Gasteiger partial charge in [-0.1, -0.05) is 18.2 Å². The first-order chi connectivity index (χ1) is 9.23. The first kappa shape index (κ1) is 13.8. The molecule has 0 amide bonds. The zero-order chi connectivity index (χ0) is 15.1. The van der Waals surface area contributed by atoms with Gasteiger partial charge in [0, 0.05) is 5.39 Å². The van der Waals surface area contributed by atoms with Crippen LogP contribution in [0.4, 0.5) is 11.4 Å². The molecule has 0 aliphatic heterocycles. The van der Waals surface area contributed by atoms with Crippen molar-refractivity contribution < 1.29 is 22.8 Å². The van der Waals surface area contributed by atoms with Crippen LogP contribution >= 0.6 is 0 Å². The molecule has 0 saturated carbocycles. The van der Waals surface area contributed by atoms with E-state index in [1.807, 2.05) is 0 Å². The number of hydrogen-bond acceptors (Lipinski definition) is 6. The molecule has 20 heavy (non-hydrogen) atoms. The summed E-state index contributed by atoms with van der Waals surface area (Å²) in [6.07, 6.45) is 0. The van der Waals surface area contributed by atoms with Crippen LogP contribution in [0.2, 0.25) is 0 Å². The molecule has 2 aromatic carbocycles. The molecule has 9 nitrogen and oxygen atoms in total. The Morgan fingerprint density at radius 3 is 1.90 bits per heavy atom. The number of non-ortho nitro benzene ring substituents is 1. The van der Waals surface area contributed by atoms with Crippen molar-refractivity contribution >= 4 is 32.3 Å².